The van der Waals surface area contributed by atoms with Gasteiger partial charge in [0.25, 0.3) is 0 Å². The molecule has 1 fully saturated rings. The van der Waals surface area contributed by atoms with Gasteiger partial charge in [0.1, 0.15) is 0 Å². The van der Waals surface area contributed by atoms with E-state index in [1.54, 1.807) is 0 Å². The van der Waals surface area contributed by atoms with E-state index in [-0.39, 0.29) is 21.4 Å². The van der Waals surface area contributed by atoms with Crippen LogP contribution in [0.5, 0.6) is 0 Å². The Hall–Kier alpha value is -1.40. The third-order valence-corrected chi connectivity index (χ3v) is 5.08. The third-order valence-electron chi connectivity index (χ3n) is 3.33. The normalized spacial score (nSPS) is 21.0. The van der Waals surface area contributed by atoms with E-state index in [4.69, 9.17) is 16.7 Å². The number of thioether (sulfide) groups is 1. The molecule has 1 heterocycles. The van der Waals surface area contributed by atoms with Crippen LogP contribution in [0.2, 0.25) is 5.02 Å². The third kappa shape index (κ3) is 4.54. The zero-order valence-corrected chi connectivity index (χ0v) is 13.2. The van der Waals surface area contributed by atoms with Crippen molar-refractivity contribution in [2.75, 3.05) is 17.6 Å². The van der Waals surface area contributed by atoms with E-state index in [2.05, 4.69) is 17.6 Å². The van der Waals surface area contributed by atoms with Gasteiger partial charge in [-0.3, -0.25) is 0 Å². The summed E-state index contributed by atoms with van der Waals surface area (Å²) in [4.78, 5) is 22.8. The largest absolute Gasteiger partial charge is 0.478 e. The lowest BCUT2D eigenvalue weighted by Crippen LogP contribution is -2.39. The van der Waals surface area contributed by atoms with Crippen molar-refractivity contribution >= 4 is 41.1 Å². The smallest absolute Gasteiger partial charge is 0.335 e. The Bertz CT molecular complexity index is 559. The summed E-state index contributed by atoms with van der Waals surface area (Å²) in [7, 11) is 0. The zero-order chi connectivity index (χ0) is 15.5. The minimum Gasteiger partial charge on any atom is -0.478 e. The summed E-state index contributed by atoms with van der Waals surface area (Å²) in [6.07, 6.45) is 2.25. The van der Waals surface area contributed by atoms with Crippen molar-refractivity contribution in [2.24, 2.45) is 0 Å². The number of hydrogen-bond donors (Lipinski definition) is 3. The van der Waals surface area contributed by atoms with Gasteiger partial charge in [-0.2, -0.15) is 11.8 Å². The molecular weight excluding hydrogens is 312 g/mol. The van der Waals surface area contributed by atoms with Crippen LogP contribution >= 0.6 is 23.4 Å². The van der Waals surface area contributed by atoms with Gasteiger partial charge in [0.15, 0.2) is 0 Å². The Morgan fingerprint density at radius 2 is 2.19 bits per heavy atom. The van der Waals surface area contributed by atoms with Crippen LogP contribution in [-0.4, -0.2) is 34.2 Å². The maximum Gasteiger partial charge on any atom is 0.335 e. The van der Waals surface area contributed by atoms with Crippen molar-refractivity contribution in [2.45, 2.75) is 24.5 Å². The average molecular weight is 329 g/mol. The molecule has 0 spiro atoms. The first-order valence-electron chi connectivity index (χ1n) is 6.61. The van der Waals surface area contributed by atoms with E-state index in [0.717, 1.165) is 12.2 Å². The molecule has 7 heteroatoms. The van der Waals surface area contributed by atoms with E-state index in [0.29, 0.717) is 12.2 Å². The molecule has 2 amide bonds. The maximum atomic E-state index is 11.9. The first kappa shape index (κ1) is 16.0. The quantitative estimate of drug-likeness (QED) is 0.791. The minimum absolute atomic E-state index is 0.0381. The molecule has 0 bridgehead atoms. The molecule has 0 radical (unpaired) electrons. The number of hydrogen-bond acceptors (Lipinski definition) is 3. The van der Waals surface area contributed by atoms with Gasteiger partial charge in [-0.15, -0.1) is 0 Å². The van der Waals surface area contributed by atoms with Gasteiger partial charge in [-0.25, -0.2) is 9.59 Å². The summed E-state index contributed by atoms with van der Waals surface area (Å²) in [6.45, 7) is 2.71. The van der Waals surface area contributed by atoms with Crippen molar-refractivity contribution in [3.05, 3.63) is 28.8 Å². The number of carboxylic acids is 1. The Balaban J connectivity index is 1.94. The van der Waals surface area contributed by atoms with E-state index in [9.17, 15) is 9.59 Å². The van der Waals surface area contributed by atoms with Gasteiger partial charge in [-0.1, -0.05) is 11.6 Å². The second-order valence-corrected chi connectivity index (χ2v) is 7.36. The molecule has 1 atom stereocenters. The standard InChI is InChI=1S/C14H17ClN2O3S/c1-14(3-2-4-21-14)8-16-13(20)17-11-6-9(12(18)19)5-10(15)7-11/h5-7H,2-4,8H2,1H3,(H,18,19)(H2,16,17,20). The summed E-state index contributed by atoms with van der Waals surface area (Å²) in [5.41, 5.74) is 0.401. The lowest BCUT2D eigenvalue weighted by Gasteiger charge is -2.22. The number of amides is 2. The SMILES string of the molecule is CC1(CNC(=O)Nc2cc(Cl)cc(C(=O)O)c2)CCCS1. The van der Waals surface area contributed by atoms with Crippen molar-refractivity contribution < 1.29 is 14.7 Å². The van der Waals surface area contributed by atoms with Crippen molar-refractivity contribution in [1.82, 2.24) is 5.32 Å². The molecular formula is C14H17ClN2O3S. The predicted octanol–water partition coefficient (Wildman–Crippen LogP) is 3.45. The molecule has 0 aliphatic carbocycles. The Morgan fingerprint density at radius 1 is 1.43 bits per heavy atom. The number of benzene rings is 1. The maximum absolute atomic E-state index is 11.9. The van der Waals surface area contributed by atoms with Gasteiger partial charge < -0.3 is 15.7 Å². The Kier molecular flexibility index (Phi) is 5.00. The van der Waals surface area contributed by atoms with Crippen molar-refractivity contribution in [3.63, 3.8) is 0 Å². The van der Waals surface area contributed by atoms with Gasteiger partial charge in [0.2, 0.25) is 0 Å². The molecule has 3 N–H and O–H groups in total. The fourth-order valence-electron chi connectivity index (χ4n) is 2.20. The van der Waals surface area contributed by atoms with E-state index >= 15 is 0 Å². The van der Waals surface area contributed by atoms with Crippen LogP contribution in [0.3, 0.4) is 0 Å². The molecule has 0 saturated carbocycles. The number of nitrogens with one attached hydrogen (secondary N) is 2. The lowest BCUT2D eigenvalue weighted by atomic mass is 10.1. The summed E-state index contributed by atoms with van der Waals surface area (Å²) in [5.74, 6) is 0.0339. The first-order chi connectivity index (χ1) is 9.88. The monoisotopic (exact) mass is 328 g/mol. The van der Waals surface area contributed by atoms with Gasteiger partial charge >= 0.3 is 12.0 Å². The molecule has 5 nitrogen and oxygen atoms in total. The van der Waals surface area contributed by atoms with E-state index in [1.165, 1.54) is 24.6 Å². The molecule has 1 aliphatic heterocycles. The first-order valence-corrected chi connectivity index (χ1v) is 7.97. The average Bonchev–Trinajstić information content (AvgIpc) is 2.83. The number of carbonyl (C=O) groups excluding carboxylic acids is 1. The van der Waals surface area contributed by atoms with Crippen LogP contribution < -0.4 is 10.6 Å². The zero-order valence-electron chi connectivity index (χ0n) is 11.6. The highest BCUT2D eigenvalue weighted by Gasteiger charge is 2.29. The predicted molar refractivity (Wildman–Crippen MR) is 85.5 cm³/mol. The number of carbonyl (C=O) groups is 2. The highest BCUT2D eigenvalue weighted by molar-refractivity contribution is 8.00. The highest BCUT2D eigenvalue weighted by Crippen LogP contribution is 2.36. The van der Waals surface area contributed by atoms with Gasteiger partial charge in [-0.05, 0) is 43.7 Å². The summed E-state index contributed by atoms with van der Waals surface area (Å²) in [5, 5.41) is 14.7. The molecule has 1 saturated heterocycles. The van der Waals surface area contributed by atoms with E-state index < -0.39 is 5.97 Å². The van der Waals surface area contributed by atoms with E-state index in [1.807, 2.05) is 11.8 Å². The van der Waals surface area contributed by atoms with Crippen LogP contribution in [-0.2, 0) is 0 Å². The Labute approximate surface area is 132 Å². The lowest BCUT2D eigenvalue weighted by molar-refractivity contribution is 0.0697. The van der Waals surface area contributed by atoms with Crippen LogP contribution in [0.1, 0.15) is 30.1 Å². The number of halogens is 1. The molecule has 114 valence electrons. The number of urea groups is 1. The second-order valence-electron chi connectivity index (χ2n) is 5.24. The second kappa shape index (κ2) is 6.58. The van der Waals surface area contributed by atoms with Crippen LogP contribution in [0.25, 0.3) is 0 Å². The molecule has 2 rings (SSSR count). The fourth-order valence-corrected chi connectivity index (χ4v) is 3.68. The van der Waals surface area contributed by atoms with Crippen LogP contribution in [0.4, 0.5) is 10.5 Å². The van der Waals surface area contributed by atoms with Crippen molar-refractivity contribution in [1.29, 1.82) is 0 Å². The molecule has 1 aromatic carbocycles. The minimum atomic E-state index is -1.09. The number of aromatic carboxylic acids is 1. The van der Waals surface area contributed by atoms with Gasteiger partial charge in [0.05, 0.1) is 5.56 Å². The van der Waals surface area contributed by atoms with Gasteiger partial charge in [0, 0.05) is 22.0 Å². The summed E-state index contributed by atoms with van der Waals surface area (Å²) in [6, 6.07) is 3.87. The summed E-state index contributed by atoms with van der Waals surface area (Å²) < 4.78 is 0.0812. The molecule has 0 aromatic heterocycles. The molecule has 21 heavy (non-hydrogen) atoms. The number of rotatable bonds is 4. The highest BCUT2D eigenvalue weighted by atomic mass is 35.5. The molecule has 1 aromatic rings. The Morgan fingerprint density at radius 3 is 2.81 bits per heavy atom. The summed E-state index contributed by atoms with van der Waals surface area (Å²) >= 11 is 7.70. The van der Waals surface area contributed by atoms with Crippen LogP contribution in [0, 0.1) is 0 Å². The van der Waals surface area contributed by atoms with Crippen molar-refractivity contribution in [3.8, 4) is 0 Å². The molecule has 1 unspecified atom stereocenters. The topological polar surface area (TPSA) is 78.4 Å². The fraction of sp³-hybridized carbons (Fsp3) is 0.429. The number of carboxylic acid groups (broad SMARTS) is 1. The van der Waals surface area contributed by atoms with Crippen LogP contribution in [0.15, 0.2) is 18.2 Å². The number of anilines is 1. The molecule has 1 aliphatic rings.